The number of aromatic amines is 1. The lowest BCUT2D eigenvalue weighted by atomic mass is 9.99. The van der Waals surface area contributed by atoms with E-state index in [1.807, 2.05) is 0 Å². The summed E-state index contributed by atoms with van der Waals surface area (Å²) in [5.74, 6) is 1.07. The van der Waals surface area contributed by atoms with Gasteiger partial charge in [0, 0.05) is 17.2 Å². The van der Waals surface area contributed by atoms with E-state index in [-0.39, 0.29) is 10.8 Å². The minimum absolute atomic E-state index is 0.269. The van der Waals surface area contributed by atoms with Crippen molar-refractivity contribution >= 4 is 5.82 Å². The SMILES string of the molecule is Cc1ccc(-c2c(N)n[nH]c2C2C(C)(C)C2(C)C)cc1. The average Bonchev–Trinajstić information content (AvgIpc) is 2.65. The molecule has 0 bridgehead atoms. The molecule has 2 aromatic rings. The summed E-state index contributed by atoms with van der Waals surface area (Å²) in [6.45, 7) is 11.3. The molecule has 1 aromatic carbocycles. The van der Waals surface area contributed by atoms with E-state index in [4.69, 9.17) is 5.73 Å². The van der Waals surface area contributed by atoms with Crippen molar-refractivity contribution in [2.24, 2.45) is 10.8 Å². The monoisotopic (exact) mass is 269 g/mol. The highest BCUT2D eigenvalue weighted by Crippen LogP contribution is 2.74. The smallest absolute Gasteiger partial charge is 0.153 e. The highest BCUT2D eigenvalue weighted by atomic mass is 15.2. The van der Waals surface area contributed by atoms with E-state index in [0.717, 1.165) is 11.1 Å². The number of hydrogen-bond donors (Lipinski definition) is 2. The Morgan fingerprint density at radius 3 is 2.10 bits per heavy atom. The van der Waals surface area contributed by atoms with Gasteiger partial charge in [-0.25, -0.2) is 0 Å². The van der Waals surface area contributed by atoms with Crippen molar-refractivity contribution in [1.29, 1.82) is 0 Å². The van der Waals surface area contributed by atoms with Crippen LogP contribution < -0.4 is 5.73 Å². The quantitative estimate of drug-likeness (QED) is 0.861. The van der Waals surface area contributed by atoms with Gasteiger partial charge in [-0.15, -0.1) is 0 Å². The Labute approximate surface area is 120 Å². The van der Waals surface area contributed by atoms with E-state index in [2.05, 4.69) is 69.1 Å². The fourth-order valence-electron chi connectivity index (χ4n) is 3.52. The third kappa shape index (κ3) is 1.62. The van der Waals surface area contributed by atoms with Gasteiger partial charge in [0.25, 0.3) is 0 Å². The largest absolute Gasteiger partial charge is 0.382 e. The first kappa shape index (κ1) is 13.2. The maximum absolute atomic E-state index is 6.11. The molecule has 0 radical (unpaired) electrons. The second-order valence-electron chi connectivity index (χ2n) is 7.14. The van der Waals surface area contributed by atoms with Gasteiger partial charge in [0.05, 0.1) is 0 Å². The van der Waals surface area contributed by atoms with E-state index in [9.17, 15) is 0 Å². The van der Waals surface area contributed by atoms with Crippen LogP contribution in [0.15, 0.2) is 24.3 Å². The summed E-state index contributed by atoms with van der Waals surface area (Å²) in [4.78, 5) is 0. The van der Waals surface area contributed by atoms with Gasteiger partial charge in [0.2, 0.25) is 0 Å². The lowest BCUT2D eigenvalue weighted by molar-refractivity contribution is 0.457. The number of aromatic nitrogens is 2. The maximum Gasteiger partial charge on any atom is 0.153 e. The summed E-state index contributed by atoms with van der Waals surface area (Å²) in [7, 11) is 0. The average molecular weight is 269 g/mol. The molecule has 3 heteroatoms. The first-order valence-electron chi connectivity index (χ1n) is 7.17. The molecule has 1 heterocycles. The zero-order chi connectivity index (χ0) is 14.7. The van der Waals surface area contributed by atoms with Crippen molar-refractivity contribution in [2.75, 3.05) is 5.73 Å². The molecule has 1 fully saturated rings. The molecule has 20 heavy (non-hydrogen) atoms. The fourth-order valence-corrected chi connectivity index (χ4v) is 3.52. The second-order valence-corrected chi connectivity index (χ2v) is 7.14. The number of nitrogens with zero attached hydrogens (tertiary/aromatic N) is 1. The summed E-state index contributed by atoms with van der Waals surface area (Å²) < 4.78 is 0. The normalized spacial score (nSPS) is 20.1. The highest BCUT2D eigenvalue weighted by molar-refractivity contribution is 5.77. The molecule has 1 aliphatic rings. The minimum Gasteiger partial charge on any atom is -0.382 e. The molecule has 3 rings (SSSR count). The van der Waals surface area contributed by atoms with Gasteiger partial charge in [-0.1, -0.05) is 57.5 Å². The fraction of sp³-hybridized carbons (Fsp3) is 0.471. The number of benzene rings is 1. The molecule has 0 saturated heterocycles. The third-order valence-corrected chi connectivity index (χ3v) is 5.47. The standard InChI is InChI=1S/C17H23N3/c1-10-6-8-11(9-7-10)12-13(19-20-15(12)18)14-16(2,3)17(14,4)5/h6-9,14H,1-5H3,(H3,18,19,20). The molecular formula is C17H23N3. The maximum atomic E-state index is 6.11. The molecule has 3 nitrogen and oxygen atoms in total. The summed E-state index contributed by atoms with van der Waals surface area (Å²) in [6, 6.07) is 8.49. The highest BCUT2D eigenvalue weighted by Gasteiger charge is 2.66. The summed E-state index contributed by atoms with van der Waals surface area (Å²) in [5.41, 5.74) is 11.3. The van der Waals surface area contributed by atoms with Crippen LogP contribution >= 0.6 is 0 Å². The molecule has 0 amide bonds. The van der Waals surface area contributed by atoms with Gasteiger partial charge in [-0.3, -0.25) is 5.10 Å². The summed E-state index contributed by atoms with van der Waals surface area (Å²) in [5, 5.41) is 7.45. The van der Waals surface area contributed by atoms with Gasteiger partial charge in [-0.2, -0.15) is 5.10 Å². The predicted molar refractivity (Wildman–Crippen MR) is 83.5 cm³/mol. The first-order valence-corrected chi connectivity index (χ1v) is 7.17. The summed E-state index contributed by atoms with van der Waals surface area (Å²) >= 11 is 0. The van der Waals surface area contributed by atoms with Crippen LogP contribution in [0.1, 0.15) is 44.9 Å². The van der Waals surface area contributed by atoms with E-state index < -0.39 is 0 Å². The number of nitrogens with two attached hydrogens (primary N) is 1. The lowest BCUT2D eigenvalue weighted by Crippen LogP contribution is -1.95. The zero-order valence-electron chi connectivity index (χ0n) is 12.9. The number of rotatable bonds is 2. The van der Waals surface area contributed by atoms with Gasteiger partial charge < -0.3 is 5.73 Å². The van der Waals surface area contributed by atoms with Gasteiger partial charge >= 0.3 is 0 Å². The van der Waals surface area contributed by atoms with Crippen LogP contribution in [0.5, 0.6) is 0 Å². The van der Waals surface area contributed by atoms with E-state index in [0.29, 0.717) is 11.7 Å². The van der Waals surface area contributed by atoms with Crippen LogP contribution in [0.3, 0.4) is 0 Å². The topological polar surface area (TPSA) is 54.7 Å². The minimum atomic E-state index is 0.269. The van der Waals surface area contributed by atoms with Crippen molar-refractivity contribution in [2.45, 2.75) is 40.5 Å². The van der Waals surface area contributed by atoms with Crippen molar-refractivity contribution < 1.29 is 0 Å². The van der Waals surface area contributed by atoms with Crippen LogP contribution in [-0.4, -0.2) is 10.2 Å². The Bertz CT molecular complexity index is 633. The van der Waals surface area contributed by atoms with Crippen molar-refractivity contribution in [1.82, 2.24) is 10.2 Å². The van der Waals surface area contributed by atoms with Crippen LogP contribution in [0.25, 0.3) is 11.1 Å². The number of H-pyrrole nitrogens is 1. The molecule has 0 atom stereocenters. The predicted octanol–water partition coefficient (Wildman–Crippen LogP) is 4.12. The summed E-state index contributed by atoms with van der Waals surface area (Å²) in [6.07, 6.45) is 0. The second kappa shape index (κ2) is 3.87. The lowest BCUT2D eigenvalue weighted by Gasteiger charge is -2.06. The molecule has 3 N–H and O–H groups in total. The Balaban J connectivity index is 2.10. The number of hydrogen-bond acceptors (Lipinski definition) is 2. The third-order valence-electron chi connectivity index (χ3n) is 5.47. The number of aryl methyl sites for hydroxylation is 1. The van der Waals surface area contributed by atoms with Crippen LogP contribution in [-0.2, 0) is 0 Å². The Kier molecular flexibility index (Phi) is 2.56. The van der Waals surface area contributed by atoms with Crippen molar-refractivity contribution in [3.63, 3.8) is 0 Å². The number of anilines is 1. The van der Waals surface area contributed by atoms with Crippen molar-refractivity contribution in [3.8, 4) is 11.1 Å². The first-order chi connectivity index (χ1) is 9.26. The molecular weight excluding hydrogens is 246 g/mol. The van der Waals surface area contributed by atoms with Gasteiger partial charge in [0.15, 0.2) is 5.82 Å². The molecule has 0 aliphatic heterocycles. The Morgan fingerprint density at radius 2 is 1.60 bits per heavy atom. The number of nitrogens with one attached hydrogen (secondary N) is 1. The zero-order valence-corrected chi connectivity index (χ0v) is 12.9. The number of nitrogen functional groups attached to an aromatic ring is 1. The molecule has 1 saturated carbocycles. The molecule has 1 aliphatic carbocycles. The van der Waals surface area contributed by atoms with Crippen LogP contribution in [0.4, 0.5) is 5.82 Å². The van der Waals surface area contributed by atoms with E-state index in [1.165, 1.54) is 11.3 Å². The van der Waals surface area contributed by atoms with Crippen molar-refractivity contribution in [3.05, 3.63) is 35.5 Å². The Hall–Kier alpha value is -1.77. The van der Waals surface area contributed by atoms with Crippen LogP contribution in [0.2, 0.25) is 0 Å². The molecule has 0 unspecified atom stereocenters. The molecule has 106 valence electrons. The molecule has 1 aromatic heterocycles. The molecule has 0 spiro atoms. The van der Waals surface area contributed by atoms with E-state index >= 15 is 0 Å². The van der Waals surface area contributed by atoms with Gasteiger partial charge in [0.1, 0.15) is 0 Å². The van der Waals surface area contributed by atoms with Crippen LogP contribution in [0, 0.1) is 17.8 Å². The van der Waals surface area contributed by atoms with E-state index in [1.54, 1.807) is 0 Å². The Morgan fingerprint density at radius 1 is 1.05 bits per heavy atom. The van der Waals surface area contributed by atoms with Gasteiger partial charge in [-0.05, 0) is 23.3 Å².